The van der Waals surface area contributed by atoms with Crippen LogP contribution in [0.15, 0.2) is 165 Å². The summed E-state index contributed by atoms with van der Waals surface area (Å²) < 4.78 is 64.3. The van der Waals surface area contributed by atoms with Gasteiger partial charge in [-0.2, -0.15) is 0 Å². The fourth-order valence-corrected chi connectivity index (χ4v) is 16.5. The van der Waals surface area contributed by atoms with E-state index in [0.29, 0.717) is 131 Å². The van der Waals surface area contributed by atoms with E-state index < -0.39 is 12.0 Å². The highest BCUT2D eigenvalue weighted by Gasteiger charge is 2.39. The summed E-state index contributed by atoms with van der Waals surface area (Å²) in [6.07, 6.45) is 18.7. The Labute approximate surface area is 657 Å². The van der Waals surface area contributed by atoms with Gasteiger partial charge in [0.2, 0.25) is 0 Å². The summed E-state index contributed by atoms with van der Waals surface area (Å²) in [5.41, 5.74) is 14.8. The van der Waals surface area contributed by atoms with Crippen LogP contribution >= 0.6 is 0 Å². The molecule has 18 rings (SSSR count). The predicted molar refractivity (Wildman–Crippen MR) is 432 cm³/mol. The topological polar surface area (TPSA) is 256 Å². The van der Waals surface area contributed by atoms with Crippen molar-refractivity contribution in [2.75, 3.05) is 93.3 Å². The van der Waals surface area contributed by atoms with Crippen LogP contribution in [0.3, 0.4) is 0 Å². The molecule has 9 aromatic heterocycles. The van der Waals surface area contributed by atoms with Crippen molar-refractivity contribution in [3.05, 3.63) is 221 Å². The maximum absolute atomic E-state index is 13.7. The van der Waals surface area contributed by atoms with E-state index in [9.17, 15) is 37.1 Å². The van der Waals surface area contributed by atoms with E-state index in [-0.39, 0.29) is 46.0 Å². The van der Waals surface area contributed by atoms with Crippen molar-refractivity contribution in [3.63, 3.8) is 0 Å². The van der Waals surface area contributed by atoms with E-state index in [1.165, 1.54) is 49.2 Å². The molecule has 6 aliphatic heterocycles. The van der Waals surface area contributed by atoms with Gasteiger partial charge in [-0.1, -0.05) is 24.3 Å². The first-order valence-corrected chi connectivity index (χ1v) is 38.6. The summed E-state index contributed by atoms with van der Waals surface area (Å²) >= 11 is 0. The Bertz CT molecular complexity index is 5410. The molecule has 24 nitrogen and oxygen atoms in total. The summed E-state index contributed by atoms with van der Waals surface area (Å²) in [7, 11) is 8.62. The normalized spacial score (nSPS) is 17.3. The van der Waals surface area contributed by atoms with Crippen LogP contribution in [0.25, 0.3) is 50.7 Å². The molecule has 0 aliphatic carbocycles. The number of alkyl halides is 2. The van der Waals surface area contributed by atoms with Gasteiger partial charge in [-0.3, -0.25) is 27.6 Å². The van der Waals surface area contributed by atoms with Gasteiger partial charge in [0, 0.05) is 148 Å². The van der Waals surface area contributed by atoms with Gasteiger partial charge in [0.05, 0.1) is 98.8 Å². The highest BCUT2D eigenvalue weighted by atomic mass is 19.3. The molecule has 114 heavy (non-hydrogen) atoms. The number of piperidine rings is 2. The highest BCUT2D eigenvalue weighted by molar-refractivity contribution is 6.08. The van der Waals surface area contributed by atoms with Gasteiger partial charge in [-0.05, 0) is 183 Å². The average molecular weight is 1550 g/mol. The second kappa shape index (κ2) is 30.9. The van der Waals surface area contributed by atoms with Crippen LogP contribution in [0.4, 0.5) is 63.5 Å². The molecular formula is C86H91F4N19O5. The molecular weight excluding hydrogens is 1460 g/mol. The van der Waals surface area contributed by atoms with Crippen LogP contribution in [0.1, 0.15) is 132 Å². The molecule has 7 N–H and O–H groups in total. The van der Waals surface area contributed by atoms with Crippen molar-refractivity contribution in [2.24, 2.45) is 11.8 Å². The Balaban J connectivity index is 0.000000129. The summed E-state index contributed by atoms with van der Waals surface area (Å²) in [5.74, 6) is 1.91. The minimum absolute atomic E-state index is 0.0938. The number of anilines is 8. The molecule has 0 radical (unpaired) electrons. The van der Waals surface area contributed by atoms with Crippen molar-refractivity contribution < 1.29 is 41.8 Å². The van der Waals surface area contributed by atoms with Gasteiger partial charge < -0.3 is 61.3 Å². The third-order valence-electron chi connectivity index (χ3n) is 24.2. The van der Waals surface area contributed by atoms with E-state index in [1.807, 2.05) is 69.7 Å². The van der Waals surface area contributed by atoms with Crippen LogP contribution in [0, 0.1) is 23.5 Å². The molecule has 6 aliphatic rings. The predicted octanol–water partition coefficient (Wildman–Crippen LogP) is 14.5. The Kier molecular flexibility index (Phi) is 20.7. The number of aromatic nitrogens is 9. The van der Waals surface area contributed by atoms with Gasteiger partial charge in [0.15, 0.2) is 0 Å². The molecule has 0 spiro atoms. The van der Waals surface area contributed by atoms with E-state index in [0.717, 1.165) is 101 Å². The average Bonchev–Trinajstić information content (AvgIpc) is 1.60. The van der Waals surface area contributed by atoms with Crippen LogP contribution in [-0.4, -0.2) is 154 Å². The van der Waals surface area contributed by atoms with Crippen molar-refractivity contribution in [1.82, 2.24) is 68.9 Å². The lowest BCUT2D eigenvalue weighted by Crippen LogP contribution is -2.51. The van der Waals surface area contributed by atoms with Gasteiger partial charge in [0.25, 0.3) is 24.1 Å². The third kappa shape index (κ3) is 14.8. The molecule has 15 heterocycles. The number of fused-ring (bicyclic) bond motifs is 6. The van der Waals surface area contributed by atoms with E-state index >= 15 is 0 Å². The van der Waals surface area contributed by atoms with Gasteiger partial charge in [-0.25, -0.2) is 47.5 Å². The SMILES string of the molecule is CN(C)C(C)(C)[C@@H]1CCCN(c2ccc(Nc3ccc(-c4cnc5cc(F)ccn45)c4c3C(=O)NC4)nc2)C1.CN(C)C(C)(C)[C@H]1CCCN(c2ccc(Nc3ccc(-c4cnc5cc(F)ccn45)c4c3C(=O)NC4)nc2)C1.O=C1NCc2c(-c3cnc4cc(C(F)F)ccn34)ccc(Nc3ccc(C4(O)CCOCC4)cn3)c21. The van der Waals surface area contributed by atoms with E-state index in [2.05, 4.69) is 139 Å². The first-order chi connectivity index (χ1) is 54.9. The molecule has 3 saturated heterocycles. The number of amides is 3. The molecule has 0 bridgehead atoms. The molecule has 588 valence electrons. The quantitative estimate of drug-likeness (QED) is 0.0418. The fraction of sp³-hybridized carbons (Fsp3) is 0.337. The number of nitrogens with one attached hydrogen (secondary N) is 6. The van der Waals surface area contributed by atoms with Gasteiger partial charge >= 0.3 is 0 Å². The van der Waals surface area contributed by atoms with Crippen LogP contribution < -0.4 is 41.7 Å². The van der Waals surface area contributed by atoms with Crippen molar-refractivity contribution in [1.29, 1.82) is 0 Å². The number of hydrogen-bond acceptors (Lipinski definition) is 18. The number of carbonyl (C=O) groups is 3. The van der Waals surface area contributed by atoms with Crippen molar-refractivity contribution in [2.45, 2.75) is 109 Å². The van der Waals surface area contributed by atoms with E-state index in [4.69, 9.17) is 14.7 Å². The third-order valence-corrected chi connectivity index (χ3v) is 24.2. The monoisotopic (exact) mass is 1550 g/mol. The molecule has 12 aromatic rings. The number of hydrogen-bond donors (Lipinski definition) is 7. The maximum atomic E-state index is 13.7. The fourth-order valence-electron chi connectivity index (χ4n) is 16.5. The lowest BCUT2D eigenvalue weighted by Gasteiger charge is -2.45. The highest BCUT2D eigenvalue weighted by Crippen LogP contribution is 2.42. The second-order valence-electron chi connectivity index (χ2n) is 31.6. The van der Waals surface area contributed by atoms with Crippen molar-refractivity contribution in [3.8, 4) is 33.8 Å². The minimum Gasteiger partial charge on any atom is -0.385 e. The van der Waals surface area contributed by atoms with E-state index in [1.54, 1.807) is 59.9 Å². The lowest BCUT2D eigenvalue weighted by atomic mass is 9.80. The standard InChI is InChI=1S/2C30H34FN7O.C26H23F2N5O3/c2*1-30(2,36(3)4)19-6-5-12-37(18-19)21-7-10-26(32-15-21)35-24-9-8-22(23-16-34-29(39)28(23)24)25-17-33-27-14-20(31)11-13-38(25)27;27-24(28)15-5-8-33-20(14-30-22(33)11-15)17-2-3-19(23-18(17)13-31-25(23)34)32-21-4-1-16(12-29-21)26(35)6-9-36-10-7-26/h2*7-11,13-15,17,19H,5-6,12,16,18H2,1-4H3,(H,32,35)(H,34,39);1-5,8,11-12,14,24,35H,6-7,9-10,13H2,(H,29,32)(H,31,34)/t2*19-;/m10./s1. The summed E-state index contributed by atoms with van der Waals surface area (Å²) in [4.78, 5) is 74.9. The van der Waals surface area contributed by atoms with Crippen LogP contribution in [0.2, 0.25) is 0 Å². The van der Waals surface area contributed by atoms with Crippen molar-refractivity contribution >= 4 is 80.6 Å². The molecule has 0 saturated carbocycles. The zero-order valence-electron chi connectivity index (χ0n) is 64.8. The molecule has 3 aromatic carbocycles. The van der Waals surface area contributed by atoms with Crippen LogP contribution in [-0.2, 0) is 30.0 Å². The number of ether oxygens (including phenoxy) is 1. The number of nitrogens with zero attached hydrogens (tertiary/aromatic N) is 13. The number of aliphatic hydroxyl groups is 1. The number of pyridine rings is 6. The van der Waals surface area contributed by atoms with Gasteiger partial charge in [-0.15, -0.1) is 0 Å². The number of rotatable bonds is 17. The first-order valence-electron chi connectivity index (χ1n) is 38.6. The maximum Gasteiger partial charge on any atom is 0.264 e. The summed E-state index contributed by atoms with van der Waals surface area (Å²) in [6, 6.07) is 31.5. The molecule has 0 unspecified atom stereocenters. The van der Waals surface area contributed by atoms with Gasteiger partial charge in [0.1, 0.15) is 46.0 Å². The summed E-state index contributed by atoms with van der Waals surface area (Å²) in [6.45, 7) is 15.5. The number of imidazole rings is 3. The lowest BCUT2D eigenvalue weighted by molar-refractivity contribution is -0.0681. The largest absolute Gasteiger partial charge is 0.385 e. The number of halogens is 4. The summed E-state index contributed by atoms with van der Waals surface area (Å²) in [5, 5.41) is 29.6. The Morgan fingerprint density at radius 2 is 0.886 bits per heavy atom. The molecule has 3 amide bonds. The smallest absolute Gasteiger partial charge is 0.264 e. The molecule has 3 fully saturated rings. The Morgan fingerprint density at radius 1 is 0.500 bits per heavy atom. The minimum atomic E-state index is -2.58. The Hall–Kier alpha value is -11.9. The zero-order valence-corrected chi connectivity index (χ0v) is 64.8. The Morgan fingerprint density at radius 3 is 1.25 bits per heavy atom. The zero-order chi connectivity index (χ0) is 79.5. The number of benzene rings is 3. The number of carbonyl (C=O) groups excluding carboxylic acids is 3. The first kappa shape index (κ1) is 76.2. The molecule has 28 heteroatoms. The second-order valence-corrected chi connectivity index (χ2v) is 31.6. The molecule has 2 atom stereocenters. The van der Waals surface area contributed by atoms with Crippen LogP contribution in [0.5, 0.6) is 0 Å².